The first-order valence-electron chi connectivity index (χ1n) is 11.8. The van der Waals surface area contributed by atoms with Gasteiger partial charge in [-0.05, 0) is 44.4 Å². The molecule has 0 aromatic carbocycles. The summed E-state index contributed by atoms with van der Waals surface area (Å²) in [5, 5.41) is 26.9. The second kappa shape index (κ2) is 15.9. The summed E-state index contributed by atoms with van der Waals surface area (Å²) in [6.45, 7) is 8.90. The minimum Gasteiger partial charge on any atom is -0.480 e. The van der Waals surface area contributed by atoms with E-state index in [2.05, 4.69) is 20.9 Å². The summed E-state index contributed by atoms with van der Waals surface area (Å²) >= 11 is 0. The third kappa shape index (κ3) is 13.5. The van der Waals surface area contributed by atoms with Gasteiger partial charge in [0.15, 0.2) is 5.96 Å². The molecule has 202 valence electrons. The Hall–Kier alpha value is -2.93. The smallest absolute Gasteiger partial charge is 0.326 e. The van der Waals surface area contributed by atoms with Gasteiger partial charge >= 0.3 is 5.97 Å². The van der Waals surface area contributed by atoms with E-state index in [1.54, 1.807) is 0 Å². The fourth-order valence-electron chi connectivity index (χ4n) is 3.28. The fraction of sp³-hybridized carbons (Fsp3) is 0.773. The summed E-state index contributed by atoms with van der Waals surface area (Å²) < 4.78 is 0. The number of aliphatic hydroxyl groups is 1. The number of carboxylic acids is 1. The van der Waals surface area contributed by atoms with Gasteiger partial charge in [0.05, 0.1) is 12.1 Å². The van der Waals surface area contributed by atoms with Crippen LogP contribution in [0.1, 0.15) is 60.3 Å². The average Bonchev–Trinajstić information content (AvgIpc) is 2.71. The van der Waals surface area contributed by atoms with Crippen LogP contribution in [0.4, 0.5) is 0 Å². The van der Waals surface area contributed by atoms with Crippen LogP contribution in [-0.4, -0.2) is 76.7 Å². The topological polar surface area (TPSA) is 235 Å². The molecule has 5 atom stereocenters. The number of amides is 3. The summed E-state index contributed by atoms with van der Waals surface area (Å²) in [6.07, 6.45) is -0.347. The summed E-state index contributed by atoms with van der Waals surface area (Å²) in [6, 6.07) is -4.57. The number of carbonyl (C=O) groups excluding carboxylic acids is 3. The molecule has 0 rings (SSSR count). The summed E-state index contributed by atoms with van der Waals surface area (Å²) in [5.74, 6) is -3.35. The van der Waals surface area contributed by atoms with E-state index in [4.69, 9.17) is 17.2 Å². The minimum absolute atomic E-state index is 0.00353. The van der Waals surface area contributed by atoms with E-state index in [1.165, 1.54) is 6.92 Å². The van der Waals surface area contributed by atoms with Crippen LogP contribution in [0.15, 0.2) is 4.99 Å². The quantitative estimate of drug-likeness (QED) is 0.0688. The third-order valence-corrected chi connectivity index (χ3v) is 5.02. The van der Waals surface area contributed by atoms with E-state index in [0.717, 1.165) is 0 Å². The average molecular weight is 502 g/mol. The van der Waals surface area contributed by atoms with Crippen molar-refractivity contribution in [3.05, 3.63) is 0 Å². The Bertz CT molecular complexity index is 738. The first kappa shape index (κ1) is 32.1. The largest absolute Gasteiger partial charge is 0.480 e. The van der Waals surface area contributed by atoms with E-state index >= 15 is 0 Å². The Morgan fingerprint density at radius 3 is 1.83 bits per heavy atom. The van der Waals surface area contributed by atoms with Gasteiger partial charge in [-0.3, -0.25) is 19.4 Å². The van der Waals surface area contributed by atoms with Crippen LogP contribution in [-0.2, 0) is 19.2 Å². The maximum atomic E-state index is 12.9. The van der Waals surface area contributed by atoms with Crippen molar-refractivity contribution in [2.45, 2.75) is 90.6 Å². The lowest BCUT2D eigenvalue weighted by atomic mass is 10.0. The summed E-state index contributed by atoms with van der Waals surface area (Å²) in [5.41, 5.74) is 16.5. The standard InChI is InChI=1S/C22H43N7O6/c1-11(2)9-14(23)18(31)29-17(13(5)30)20(33)27-15(7-6-8-26-22(24)25)19(32)28-16(21(34)35)10-12(3)4/h11-17,30H,6-10,23H2,1-5H3,(H,27,33)(H,28,32)(H,29,31)(H,34,35)(H4,24,25,26). The fourth-order valence-corrected chi connectivity index (χ4v) is 3.28. The molecule has 0 bridgehead atoms. The first-order valence-corrected chi connectivity index (χ1v) is 11.8. The van der Waals surface area contributed by atoms with Crippen molar-refractivity contribution in [2.24, 2.45) is 34.0 Å². The predicted molar refractivity (Wildman–Crippen MR) is 132 cm³/mol. The van der Waals surface area contributed by atoms with Crippen molar-refractivity contribution in [3.8, 4) is 0 Å². The molecule has 0 radical (unpaired) electrons. The molecule has 0 aliphatic carbocycles. The lowest BCUT2D eigenvalue weighted by molar-refractivity contribution is -0.143. The number of hydrogen-bond acceptors (Lipinski definition) is 7. The highest BCUT2D eigenvalue weighted by atomic mass is 16.4. The zero-order chi connectivity index (χ0) is 27.3. The van der Waals surface area contributed by atoms with Crippen molar-refractivity contribution in [2.75, 3.05) is 6.54 Å². The molecule has 0 fully saturated rings. The summed E-state index contributed by atoms with van der Waals surface area (Å²) in [4.78, 5) is 53.6. The molecule has 0 saturated heterocycles. The molecule has 3 amide bonds. The van der Waals surface area contributed by atoms with E-state index in [1.807, 2.05) is 27.7 Å². The molecule has 13 heteroatoms. The number of hydrogen-bond donors (Lipinski definition) is 8. The van der Waals surface area contributed by atoms with Crippen LogP contribution in [0.2, 0.25) is 0 Å². The van der Waals surface area contributed by atoms with Gasteiger partial charge in [-0.25, -0.2) is 4.79 Å². The molecule has 0 aliphatic heterocycles. The molecular weight excluding hydrogens is 458 g/mol. The Labute approximate surface area is 206 Å². The molecule has 0 aromatic rings. The molecule has 0 heterocycles. The summed E-state index contributed by atoms with van der Waals surface area (Å²) in [7, 11) is 0. The zero-order valence-corrected chi connectivity index (χ0v) is 21.3. The van der Waals surface area contributed by atoms with Gasteiger partial charge in [0.25, 0.3) is 0 Å². The van der Waals surface area contributed by atoms with Crippen molar-refractivity contribution in [1.29, 1.82) is 0 Å². The number of nitrogens with zero attached hydrogens (tertiary/aromatic N) is 1. The van der Waals surface area contributed by atoms with Gasteiger partial charge in [-0.15, -0.1) is 0 Å². The number of nitrogens with two attached hydrogens (primary N) is 3. The normalized spacial score (nSPS) is 15.5. The highest BCUT2D eigenvalue weighted by Crippen LogP contribution is 2.08. The number of carboxylic acid groups (broad SMARTS) is 1. The molecule has 0 saturated carbocycles. The van der Waals surface area contributed by atoms with Gasteiger partial charge in [-0.2, -0.15) is 0 Å². The number of nitrogens with one attached hydrogen (secondary N) is 3. The van der Waals surface area contributed by atoms with Crippen LogP contribution in [0, 0.1) is 11.8 Å². The van der Waals surface area contributed by atoms with Crippen molar-refractivity contribution >= 4 is 29.7 Å². The highest BCUT2D eigenvalue weighted by Gasteiger charge is 2.32. The molecule has 11 N–H and O–H groups in total. The Balaban J connectivity index is 5.56. The highest BCUT2D eigenvalue weighted by molar-refractivity contribution is 5.94. The molecule has 5 unspecified atom stereocenters. The predicted octanol–water partition coefficient (Wildman–Crippen LogP) is -1.62. The van der Waals surface area contributed by atoms with E-state index in [-0.39, 0.29) is 37.2 Å². The van der Waals surface area contributed by atoms with Gasteiger partial charge in [0.2, 0.25) is 17.7 Å². The van der Waals surface area contributed by atoms with E-state index in [9.17, 15) is 29.4 Å². The van der Waals surface area contributed by atoms with E-state index in [0.29, 0.717) is 12.8 Å². The maximum Gasteiger partial charge on any atom is 0.326 e. The first-order chi connectivity index (χ1) is 16.1. The Morgan fingerprint density at radius 2 is 1.37 bits per heavy atom. The van der Waals surface area contributed by atoms with Crippen molar-refractivity contribution in [1.82, 2.24) is 16.0 Å². The molecule has 35 heavy (non-hydrogen) atoms. The van der Waals surface area contributed by atoms with Crippen molar-refractivity contribution < 1.29 is 29.4 Å². The third-order valence-electron chi connectivity index (χ3n) is 5.02. The molecule has 0 spiro atoms. The number of aliphatic carboxylic acids is 1. The second-order valence-electron chi connectivity index (χ2n) is 9.50. The number of aliphatic imine (C=N–C) groups is 1. The van der Waals surface area contributed by atoms with Crippen LogP contribution in [0.25, 0.3) is 0 Å². The number of carbonyl (C=O) groups is 4. The molecule has 0 aromatic heterocycles. The maximum absolute atomic E-state index is 12.9. The minimum atomic E-state index is -1.38. The monoisotopic (exact) mass is 501 g/mol. The van der Waals surface area contributed by atoms with Crippen LogP contribution in [0.5, 0.6) is 0 Å². The van der Waals surface area contributed by atoms with Crippen LogP contribution >= 0.6 is 0 Å². The van der Waals surface area contributed by atoms with Gasteiger partial charge < -0.3 is 43.4 Å². The van der Waals surface area contributed by atoms with E-state index < -0.39 is 54.0 Å². The Morgan fingerprint density at radius 1 is 0.829 bits per heavy atom. The Kier molecular flexibility index (Phi) is 14.5. The van der Waals surface area contributed by atoms with Crippen molar-refractivity contribution in [3.63, 3.8) is 0 Å². The molecular formula is C22H43N7O6. The number of aliphatic hydroxyl groups excluding tert-OH is 1. The van der Waals surface area contributed by atoms with Gasteiger partial charge in [0, 0.05) is 6.54 Å². The van der Waals surface area contributed by atoms with Gasteiger partial charge in [-0.1, -0.05) is 27.7 Å². The lowest BCUT2D eigenvalue weighted by Crippen LogP contribution is -2.59. The molecule has 0 aliphatic rings. The van der Waals surface area contributed by atoms with Gasteiger partial charge in [0.1, 0.15) is 18.1 Å². The number of rotatable bonds is 16. The van der Waals surface area contributed by atoms with Crippen LogP contribution in [0.3, 0.4) is 0 Å². The SMILES string of the molecule is CC(C)CC(N)C(=O)NC(C(=O)NC(CCCN=C(N)N)C(=O)NC(CC(C)C)C(=O)O)C(C)O. The number of guanidine groups is 1. The zero-order valence-electron chi connectivity index (χ0n) is 21.3. The van der Waals surface area contributed by atoms with Crippen LogP contribution < -0.4 is 33.2 Å². The second-order valence-corrected chi connectivity index (χ2v) is 9.50. The lowest BCUT2D eigenvalue weighted by Gasteiger charge is -2.27. The molecule has 13 nitrogen and oxygen atoms in total.